The molecular formula is C11H17N3O2S. The van der Waals surface area contributed by atoms with Crippen molar-refractivity contribution in [2.24, 2.45) is 0 Å². The molecule has 0 saturated carbocycles. The van der Waals surface area contributed by atoms with Gasteiger partial charge in [0.1, 0.15) is 11.9 Å². The number of nitrogens with one attached hydrogen (secondary N) is 1. The lowest BCUT2D eigenvalue weighted by molar-refractivity contribution is 0.0694. The van der Waals surface area contributed by atoms with Gasteiger partial charge in [0.25, 0.3) is 0 Å². The molecule has 0 bridgehead atoms. The summed E-state index contributed by atoms with van der Waals surface area (Å²) in [6.07, 6.45) is 5.77. The van der Waals surface area contributed by atoms with E-state index >= 15 is 0 Å². The van der Waals surface area contributed by atoms with E-state index in [1.165, 1.54) is 12.5 Å². The van der Waals surface area contributed by atoms with Crippen LogP contribution in [0.1, 0.15) is 29.4 Å². The van der Waals surface area contributed by atoms with E-state index in [-0.39, 0.29) is 5.56 Å². The molecule has 0 aliphatic heterocycles. The zero-order valence-electron chi connectivity index (χ0n) is 10.0. The van der Waals surface area contributed by atoms with Crippen molar-refractivity contribution in [3.8, 4) is 0 Å². The Balaban J connectivity index is 2.65. The van der Waals surface area contributed by atoms with Crippen LogP contribution in [-0.4, -0.2) is 39.1 Å². The van der Waals surface area contributed by atoms with Crippen molar-refractivity contribution in [2.45, 2.75) is 25.9 Å². The van der Waals surface area contributed by atoms with E-state index in [9.17, 15) is 4.79 Å². The van der Waals surface area contributed by atoms with Crippen LogP contribution in [-0.2, 0) is 6.54 Å². The first-order valence-electron chi connectivity index (χ1n) is 5.43. The third-order valence-corrected chi connectivity index (χ3v) is 3.18. The summed E-state index contributed by atoms with van der Waals surface area (Å²) < 4.78 is 0. The van der Waals surface area contributed by atoms with Crippen molar-refractivity contribution in [2.75, 3.05) is 12.0 Å². The van der Waals surface area contributed by atoms with E-state index < -0.39 is 5.97 Å². The Morgan fingerprint density at radius 2 is 2.41 bits per heavy atom. The minimum atomic E-state index is -0.986. The highest BCUT2D eigenvalue weighted by atomic mass is 32.2. The van der Waals surface area contributed by atoms with Gasteiger partial charge in [0.15, 0.2) is 0 Å². The number of hydrogen-bond acceptors (Lipinski definition) is 5. The van der Waals surface area contributed by atoms with Gasteiger partial charge in [0.2, 0.25) is 0 Å². The van der Waals surface area contributed by atoms with Crippen LogP contribution in [0.25, 0.3) is 0 Å². The number of carboxylic acids is 1. The van der Waals surface area contributed by atoms with E-state index in [4.69, 9.17) is 5.11 Å². The summed E-state index contributed by atoms with van der Waals surface area (Å²) in [5.41, 5.74) is 0.700. The summed E-state index contributed by atoms with van der Waals surface area (Å²) in [6, 6.07) is 0.376. The molecule has 94 valence electrons. The van der Waals surface area contributed by atoms with Gasteiger partial charge in [0, 0.05) is 24.5 Å². The van der Waals surface area contributed by atoms with Crippen LogP contribution in [0, 0.1) is 0 Å². The third-order valence-electron chi connectivity index (χ3n) is 2.44. The van der Waals surface area contributed by atoms with Crippen molar-refractivity contribution in [3.63, 3.8) is 0 Å². The molecule has 0 saturated heterocycles. The number of hydrogen-bond donors (Lipinski definition) is 2. The van der Waals surface area contributed by atoms with Gasteiger partial charge >= 0.3 is 5.97 Å². The zero-order valence-corrected chi connectivity index (χ0v) is 10.8. The fourth-order valence-corrected chi connectivity index (χ4v) is 2.19. The molecule has 0 fully saturated rings. The van der Waals surface area contributed by atoms with E-state index in [1.54, 1.807) is 11.8 Å². The summed E-state index contributed by atoms with van der Waals surface area (Å²) in [6.45, 7) is 2.56. The SMILES string of the molecule is CCC(CSC)NCc1ncncc1C(=O)O. The average Bonchev–Trinajstić information content (AvgIpc) is 2.34. The summed E-state index contributed by atoms with van der Waals surface area (Å²) in [4.78, 5) is 18.7. The van der Waals surface area contributed by atoms with Crippen LogP contribution in [0.15, 0.2) is 12.5 Å². The largest absolute Gasteiger partial charge is 0.478 e. The van der Waals surface area contributed by atoms with Crippen molar-refractivity contribution in [1.82, 2.24) is 15.3 Å². The van der Waals surface area contributed by atoms with Gasteiger partial charge in [-0.1, -0.05) is 6.92 Å². The van der Waals surface area contributed by atoms with Gasteiger partial charge in [-0.3, -0.25) is 0 Å². The van der Waals surface area contributed by atoms with Gasteiger partial charge in [-0.05, 0) is 12.7 Å². The lowest BCUT2D eigenvalue weighted by Gasteiger charge is -2.15. The highest BCUT2D eigenvalue weighted by Gasteiger charge is 2.12. The van der Waals surface area contributed by atoms with E-state index in [1.807, 2.05) is 0 Å². The molecule has 1 aromatic rings. The van der Waals surface area contributed by atoms with E-state index in [2.05, 4.69) is 28.5 Å². The second-order valence-corrected chi connectivity index (χ2v) is 4.54. The fraction of sp³-hybridized carbons (Fsp3) is 0.545. The maximum atomic E-state index is 10.9. The Kier molecular flexibility index (Phi) is 5.93. The molecule has 2 N–H and O–H groups in total. The highest BCUT2D eigenvalue weighted by Crippen LogP contribution is 2.06. The van der Waals surface area contributed by atoms with E-state index in [0.717, 1.165) is 12.2 Å². The van der Waals surface area contributed by atoms with Crippen LogP contribution in [0.2, 0.25) is 0 Å². The van der Waals surface area contributed by atoms with Crippen molar-refractivity contribution >= 4 is 17.7 Å². The van der Waals surface area contributed by atoms with Crippen LogP contribution >= 0.6 is 11.8 Å². The first-order valence-corrected chi connectivity index (χ1v) is 6.82. The number of carbonyl (C=O) groups is 1. The number of carboxylic acid groups (broad SMARTS) is 1. The lowest BCUT2D eigenvalue weighted by atomic mass is 10.2. The van der Waals surface area contributed by atoms with Gasteiger partial charge in [-0.15, -0.1) is 0 Å². The molecule has 0 aliphatic rings. The zero-order chi connectivity index (χ0) is 12.7. The standard InChI is InChI=1S/C11H17N3O2S/c1-3-8(6-17-2)13-5-10-9(11(15)16)4-12-7-14-10/h4,7-8,13H,3,5-6H2,1-2H3,(H,15,16). The predicted octanol–water partition coefficient (Wildman–Crippen LogP) is 1.41. The molecule has 0 aliphatic carbocycles. The van der Waals surface area contributed by atoms with Gasteiger partial charge in [-0.25, -0.2) is 14.8 Å². The molecule has 6 heteroatoms. The maximum Gasteiger partial charge on any atom is 0.339 e. The number of thioether (sulfide) groups is 1. The van der Waals surface area contributed by atoms with Crippen LogP contribution in [0.4, 0.5) is 0 Å². The fourth-order valence-electron chi connectivity index (χ4n) is 1.44. The predicted molar refractivity (Wildman–Crippen MR) is 68.3 cm³/mol. The summed E-state index contributed by atoms with van der Waals surface area (Å²) in [5.74, 6) is 0.0181. The molecule has 1 atom stereocenters. The van der Waals surface area contributed by atoms with E-state index in [0.29, 0.717) is 18.3 Å². The highest BCUT2D eigenvalue weighted by molar-refractivity contribution is 7.98. The van der Waals surface area contributed by atoms with Gasteiger partial charge < -0.3 is 10.4 Å². The Bertz CT molecular complexity index is 373. The summed E-state index contributed by atoms with van der Waals surface area (Å²) >= 11 is 1.77. The minimum Gasteiger partial charge on any atom is -0.478 e. The molecule has 5 nitrogen and oxygen atoms in total. The first kappa shape index (κ1) is 13.9. The molecule has 1 heterocycles. The number of aromatic carboxylic acids is 1. The van der Waals surface area contributed by atoms with Crippen LogP contribution < -0.4 is 5.32 Å². The summed E-state index contributed by atoms with van der Waals surface area (Å²) in [5, 5.41) is 12.3. The minimum absolute atomic E-state index is 0.166. The molecule has 0 radical (unpaired) electrons. The van der Waals surface area contributed by atoms with Crippen LogP contribution in [0.3, 0.4) is 0 Å². The topological polar surface area (TPSA) is 75.1 Å². The number of aromatic nitrogens is 2. The molecular weight excluding hydrogens is 238 g/mol. The second-order valence-electron chi connectivity index (χ2n) is 3.63. The molecule has 17 heavy (non-hydrogen) atoms. The average molecular weight is 255 g/mol. The van der Waals surface area contributed by atoms with Gasteiger partial charge in [-0.2, -0.15) is 11.8 Å². The number of nitrogens with zero attached hydrogens (tertiary/aromatic N) is 2. The smallest absolute Gasteiger partial charge is 0.339 e. The maximum absolute atomic E-state index is 10.9. The Morgan fingerprint density at radius 3 is 3.00 bits per heavy atom. The molecule has 0 aromatic carbocycles. The molecule has 1 aromatic heterocycles. The van der Waals surface area contributed by atoms with Crippen LogP contribution in [0.5, 0.6) is 0 Å². The second kappa shape index (κ2) is 7.24. The van der Waals surface area contributed by atoms with Crippen molar-refractivity contribution < 1.29 is 9.90 Å². The van der Waals surface area contributed by atoms with Crippen molar-refractivity contribution in [3.05, 3.63) is 23.8 Å². The normalized spacial score (nSPS) is 12.4. The first-order chi connectivity index (χ1) is 8.19. The third kappa shape index (κ3) is 4.32. The van der Waals surface area contributed by atoms with Gasteiger partial charge in [0.05, 0.1) is 5.69 Å². The Labute approximate surface area is 105 Å². The molecule has 1 rings (SSSR count). The summed E-state index contributed by atoms with van der Waals surface area (Å²) in [7, 11) is 0. The monoisotopic (exact) mass is 255 g/mol. The molecule has 1 unspecified atom stereocenters. The Morgan fingerprint density at radius 1 is 1.65 bits per heavy atom. The quantitative estimate of drug-likeness (QED) is 0.767. The molecule has 0 spiro atoms. The Hall–Kier alpha value is -1.14. The lowest BCUT2D eigenvalue weighted by Crippen LogP contribution is -2.31. The van der Waals surface area contributed by atoms with Crippen molar-refractivity contribution in [1.29, 1.82) is 0 Å². The number of rotatable bonds is 7. The molecule has 0 amide bonds.